The largest absolute Gasteiger partial charge is 0.497 e. The third-order valence-electron chi connectivity index (χ3n) is 5.08. The molecule has 2 aliphatic rings. The van der Waals surface area contributed by atoms with Crippen molar-refractivity contribution < 1.29 is 14.3 Å². The standard InChI is InChI=1S/C18H26N2O3/c1-22-15-7-8-16(17(13-15)23-2)18(21)20-11-9-19(10-12-20)14-5-3-4-6-14/h7-8,13-14H,3-6,9-12H2,1-2H3. The molecule has 5 heteroatoms. The molecule has 0 bridgehead atoms. The number of methoxy groups -OCH3 is 2. The smallest absolute Gasteiger partial charge is 0.257 e. The van der Waals surface area contributed by atoms with Crippen LogP contribution in [0, 0.1) is 0 Å². The summed E-state index contributed by atoms with van der Waals surface area (Å²) in [5.74, 6) is 1.33. The zero-order chi connectivity index (χ0) is 16.2. The molecular weight excluding hydrogens is 292 g/mol. The average Bonchev–Trinajstić information content (AvgIpc) is 3.15. The summed E-state index contributed by atoms with van der Waals surface area (Å²) < 4.78 is 10.6. The first-order valence-corrected chi connectivity index (χ1v) is 8.48. The number of amides is 1. The van der Waals surface area contributed by atoms with Gasteiger partial charge >= 0.3 is 0 Å². The van der Waals surface area contributed by atoms with Crippen LogP contribution in [0.3, 0.4) is 0 Å². The molecule has 0 unspecified atom stereocenters. The summed E-state index contributed by atoms with van der Waals surface area (Å²) >= 11 is 0. The van der Waals surface area contributed by atoms with Gasteiger partial charge in [0.2, 0.25) is 0 Å². The Morgan fingerprint density at radius 2 is 1.74 bits per heavy atom. The van der Waals surface area contributed by atoms with Crippen molar-refractivity contribution in [3.63, 3.8) is 0 Å². The molecule has 1 amide bonds. The van der Waals surface area contributed by atoms with Crippen LogP contribution in [-0.4, -0.2) is 62.1 Å². The minimum absolute atomic E-state index is 0.0515. The first-order valence-electron chi connectivity index (χ1n) is 8.48. The highest BCUT2D eigenvalue weighted by Gasteiger charge is 2.29. The highest BCUT2D eigenvalue weighted by molar-refractivity contribution is 5.97. The number of carbonyl (C=O) groups excluding carboxylic acids is 1. The van der Waals surface area contributed by atoms with Gasteiger partial charge in [0.15, 0.2) is 0 Å². The molecule has 5 nitrogen and oxygen atoms in total. The number of hydrogen-bond donors (Lipinski definition) is 0. The Morgan fingerprint density at radius 3 is 2.35 bits per heavy atom. The number of hydrogen-bond acceptors (Lipinski definition) is 4. The van der Waals surface area contributed by atoms with Gasteiger partial charge in [-0.15, -0.1) is 0 Å². The number of piperazine rings is 1. The van der Waals surface area contributed by atoms with E-state index < -0.39 is 0 Å². The van der Waals surface area contributed by atoms with E-state index in [1.165, 1.54) is 25.7 Å². The monoisotopic (exact) mass is 318 g/mol. The number of rotatable bonds is 4. The average molecular weight is 318 g/mol. The molecule has 1 aromatic rings. The number of ether oxygens (including phenoxy) is 2. The Bertz CT molecular complexity index is 547. The zero-order valence-corrected chi connectivity index (χ0v) is 14.1. The van der Waals surface area contributed by atoms with E-state index >= 15 is 0 Å². The molecule has 1 heterocycles. The molecule has 3 rings (SSSR count). The molecule has 0 aromatic heterocycles. The fourth-order valence-electron chi connectivity index (χ4n) is 3.71. The number of nitrogens with zero attached hydrogens (tertiary/aromatic N) is 2. The second-order valence-corrected chi connectivity index (χ2v) is 6.33. The van der Waals surface area contributed by atoms with E-state index in [1.54, 1.807) is 26.4 Å². The summed E-state index contributed by atoms with van der Waals surface area (Å²) in [6.07, 6.45) is 5.35. The van der Waals surface area contributed by atoms with Crippen LogP contribution in [0.15, 0.2) is 18.2 Å². The fourth-order valence-corrected chi connectivity index (χ4v) is 3.71. The maximum Gasteiger partial charge on any atom is 0.257 e. The second kappa shape index (κ2) is 7.21. The topological polar surface area (TPSA) is 42.0 Å². The molecule has 0 spiro atoms. The fraction of sp³-hybridized carbons (Fsp3) is 0.611. The lowest BCUT2D eigenvalue weighted by atomic mass is 10.1. The van der Waals surface area contributed by atoms with Crippen LogP contribution in [-0.2, 0) is 0 Å². The van der Waals surface area contributed by atoms with E-state index in [1.807, 2.05) is 11.0 Å². The highest BCUT2D eigenvalue weighted by Crippen LogP contribution is 2.27. The van der Waals surface area contributed by atoms with Crippen molar-refractivity contribution in [3.05, 3.63) is 23.8 Å². The normalized spacial score (nSPS) is 19.8. The van der Waals surface area contributed by atoms with E-state index in [2.05, 4.69) is 4.90 Å². The molecule has 0 atom stereocenters. The molecule has 23 heavy (non-hydrogen) atoms. The molecule has 0 N–H and O–H groups in total. The maximum atomic E-state index is 12.8. The Hall–Kier alpha value is -1.75. The summed E-state index contributed by atoms with van der Waals surface area (Å²) in [6.45, 7) is 3.55. The predicted octanol–water partition coefficient (Wildman–Crippen LogP) is 2.40. The van der Waals surface area contributed by atoms with E-state index in [9.17, 15) is 4.79 Å². The number of carbonyl (C=O) groups is 1. The maximum absolute atomic E-state index is 12.8. The third kappa shape index (κ3) is 3.44. The second-order valence-electron chi connectivity index (χ2n) is 6.33. The van der Waals surface area contributed by atoms with Gasteiger partial charge in [-0.3, -0.25) is 9.69 Å². The summed E-state index contributed by atoms with van der Waals surface area (Å²) in [4.78, 5) is 17.3. The summed E-state index contributed by atoms with van der Waals surface area (Å²) in [6, 6.07) is 6.11. The summed E-state index contributed by atoms with van der Waals surface area (Å²) in [5.41, 5.74) is 0.614. The van der Waals surface area contributed by atoms with Crippen LogP contribution >= 0.6 is 0 Å². The van der Waals surface area contributed by atoms with Crippen LogP contribution < -0.4 is 9.47 Å². The van der Waals surface area contributed by atoms with Crippen LogP contribution in [0.2, 0.25) is 0 Å². The molecule has 2 fully saturated rings. The van der Waals surface area contributed by atoms with Crippen molar-refractivity contribution >= 4 is 5.91 Å². The Labute approximate surface area is 138 Å². The van der Waals surface area contributed by atoms with Gasteiger partial charge in [0, 0.05) is 38.3 Å². The molecule has 126 valence electrons. The van der Waals surface area contributed by atoms with Gasteiger partial charge in [0.1, 0.15) is 11.5 Å². The number of benzene rings is 1. The Kier molecular flexibility index (Phi) is 5.06. The van der Waals surface area contributed by atoms with Crippen LogP contribution in [0.25, 0.3) is 0 Å². The molecule has 1 saturated carbocycles. The van der Waals surface area contributed by atoms with Crippen LogP contribution in [0.4, 0.5) is 0 Å². The van der Waals surface area contributed by atoms with Crippen LogP contribution in [0.5, 0.6) is 11.5 Å². The van der Waals surface area contributed by atoms with E-state index in [0.717, 1.165) is 32.2 Å². The van der Waals surface area contributed by atoms with Crippen molar-refractivity contribution in [2.75, 3.05) is 40.4 Å². The van der Waals surface area contributed by atoms with Gasteiger partial charge in [-0.05, 0) is 25.0 Å². The highest BCUT2D eigenvalue weighted by atomic mass is 16.5. The van der Waals surface area contributed by atoms with Crippen molar-refractivity contribution in [1.29, 1.82) is 0 Å². The van der Waals surface area contributed by atoms with Gasteiger partial charge in [-0.2, -0.15) is 0 Å². The van der Waals surface area contributed by atoms with Gasteiger partial charge < -0.3 is 14.4 Å². The van der Waals surface area contributed by atoms with E-state index in [-0.39, 0.29) is 5.91 Å². The van der Waals surface area contributed by atoms with Crippen molar-refractivity contribution in [2.45, 2.75) is 31.7 Å². The van der Waals surface area contributed by atoms with E-state index in [0.29, 0.717) is 17.1 Å². The predicted molar refractivity (Wildman–Crippen MR) is 89.3 cm³/mol. The minimum atomic E-state index is 0.0515. The van der Waals surface area contributed by atoms with E-state index in [4.69, 9.17) is 9.47 Å². The molecule has 1 saturated heterocycles. The lowest BCUT2D eigenvalue weighted by molar-refractivity contribution is 0.0570. The minimum Gasteiger partial charge on any atom is -0.497 e. The van der Waals surface area contributed by atoms with Gasteiger partial charge in [0.05, 0.1) is 19.8 Å². The zero-order valence-electron chi connectivity index (χ0n) is 14.1. The quantitative estimate of drug-likeness (QED) is 0.855. The Balaban J connectivity index is 1.65. The molecule has 1 aromatic carbocycles. The molecular formula is C18H26N2O3. The van der Waals surface area contributed by atoms with Crippen molar-refractivity contribution in [3.8, 4) is 11.5 Å². The third-order valence-corrected chi connectivity index (χ3v) is 5.08. The van der Waals surface area contributed by atoms with Crippen molar-refractivity contribution in [1.82, 2.24) is 9.80 Å². The molecule has 0 radical (unpaired) electrons. The molecule has 1 aliphatic heterocycles. The lowest BCUT2D eigenvalue weighted by Crippen LogP contribution is -2.51. The van der Waals surface area contributed by atoms with Gasteiger partial charge in [-0.25, -0.2) is 0 Å². The van der Waals surface area contributed by atoms with Gasteiger partial charge in [0.25, 0.3) is 5.91 Å². The first-order chi connectivity index (χ1) is 11.2. The lowest BCUT2D eigenvalue weighted by Gasteiger charge is -2.38. The van der Waals surface area contributed by atoms with Gasteiger partial charge in [-0.1, -0.05) is 12.8 Å². The van der Waals surface area contributed by atoms with Crippen molar-refractivity contribution in [2.24, 2.45) is 0 Å². The first kappa shape index (κ1) is 16.1. The summed E-state index contributed by atoms with van der Waals surface area (Å²) in [5, 5.41) is 0. The molecule has 1 aliphatic carbocycles. The van der Waals surface area contributed by atoms with Crippen LogP contribution in [0.1, 0.15) is 36.0 Å². The summed E-state index contributed by atoms with van der Waals surface area (Å²) in [7, 11) is 3.20. The Morgan fingerprint density at radius 1 is 1.04 bits per heavy atom. The SMILES string of the molecule is COc1ccc(C(=O)N2CCN(C3CCCC3)CC2)c(OC)c1.